The minimum atomic E-state index is -0.683. The van der Waals surface area contributed by atoms with Crippen LogP contribution in [0.1, 0.15) is 0 Å². The lowest BCUT2D eigenvalue weighted by molar-refractivity contribution is 0.207. The van der Waals surface area contributed by atoms with Crippen LogP contribution in [0.3, 0.4) is 0 Å². The first-order valence-electron chi connectivity index (χ1n) is 2.96. The molecule has 11 heavy (non-hydrogen) atoms. The minimum absolute atomic E-state index is 0.464. The molecule has 0 aromatic heterocycles. The zero-order valence-corrected chi connectivity index (χ0v) is 6.34. The molecule has 0 aliphatic heterocycles. The number of carbonyl (C=O) groups excluding carboxylic acids is 1. The highest BCUT2D eigenvalue weighted by atomic mass is 35.5. The van der Waals surface area contributed by atoms with E-state index in [1.807, 2.05) is 10.9 Å². The molecule has 0 spiro atoms. The average molecular weight is 172 g/mol. The molecule has 0 bridgehead atoms. The lowest BCUT2D eigenvalue weighted by Gasteiger charge is -1.99. The van der Waals surface area contributed by atoms with Gasteiger partial charge in [0.05, 0.1) is 0 Å². The first kappa shape index (κ1) is 7.88. The fourth-order valence-electron chi connectivity index (χ4n) is 0.615. The second-order valence-corrected chi connectivity index (χ2v) is 1.99. The molecular formula is C7H6ClNO2. The molecule has 0 saturated carbocycles. The number of amides is 1. The van der Waals surface area contributed by atoms with Gasteiger partial charge in [0.2, 0.25) is 0 Å². The summed E-state index contributed by atoms with van der Waals surface area (Å²) < 4.78 is 4.68. The Hall–Kier alpha value is -1.22. The number of halogens is 1. The summed E-state index contributed by atoms with van der Waals surface area (Å²) in [5.41, 5.74) is 0. The fourth-order valence-corrected chi connectivity index (χ4v) is 0.653. The van der Waals surface area contributed by atoms with Gasteiger partial charge in [-0.2, -0.15) is 0 Å². The summed E-state index contributed by atoms with van der Waals surface area (Å²) >= 11 is 4.98. The van der Waals surface area contributed by atoms with Crippen LogP contribution in [-0.2, 0) is 0 Å². The van der Waals surface area contributed by atoms with Crippen LogP contribution in [0.5, 0.6) is 5.75 Å². The Morgan fingerprint density at radius 1 is 1.36 bits per heavy atom. The largest absolute Gasteiger partial charge is 0.427 e. The number of nitrogens with one attached hydrogen (secondary N) is 1. The molecule has 0 aliphatic carbocycles. The standard InChI is InChI=1S/C7H6ClNO2/c8-9-7(10)11-6-4-2-1-3-5-6/h1-5H,(H,9,10). The predicted octanol–water partition coefficient (Wildman–Crippen LogP) is 1.93. The molecule has 3 nitrogen and oxygen atoms in total. The van der Waals surface area contributed by atoms with E-state index in [0.717, 1.165) is 0 Å². The van der Waals surface area contributed by atoms with Gasteiger partial charge in [0.1, 0.15) is 5.75 Å². The Labute approximate surface area is 69.0 Å². The third-order valence-electron chi connectivity index (χ3n) is 1.03. The third kappa shape index (κ3) is 2.47. The average Bonchev–Trinajstić information content (AvgIpc) is 2.06. The van der Waals surface area contributed by atoms with E-state index in [0.29, 0.717) is 5.75 Å². The summed E-state index contributed by atoms with van der Waals surface area (Å²) in [6, 6.07) is 8.66. The topological polar surface area (TPSA) is 38.3 Å². The van der Waals surface area contributed by atoms with E-state index in [-0.39, 0.29) is 0 Å². The van der Waals surface area contributed by atoms with E-state index in [1.165, 1.54) is 0 Å². The zero-order chi connectivity index (χ0) is 8.10. The summed E-state index contributed by atoms with van der Waals surface area (Å²) in [4.78, 5) is 12.3. The normalized spacial score (nSPS) is 8.82. The molecule has 58 valence electrons. The summed E-state index contributed by atoms with van der Waals surface area (Å²) in [6.45, 7) is 0. The Kier molecular flexibility index (Phi) is 2.74. The van der Waals surface area contributed by atoms with Gasteiger partial charge in [-0.1, -0.05) is 18.2 Å². The van der Waals surface area contributed by atoms with Crippen LogP contribution < -0.4 is 9.57 Å². The molecule has 1 rings (SSSR count). The van der Waals surface area contributed by atoms with Gasteiger partial charge < -0.3 is 4.74 Å². The van der Waals surface area contributed by atoms with Crippen LogP contribution in [0.2, 0.25) is 0 Å². The quantitative estimate of drug-likeness (QED) is 0.656. The molecule has 0 fully saturated rings. The maximum atomic E-state index is 10.5. The number of hydrogen-bond donors (Lipinski definition) is 1. The number of hydrogen-bond acceptors (Lipinski definition) is 2. The molecule has 1 aromatic rings. The molecule has 0 atom stereocenters. The van der Waals surface area contributed by atoms with Crippen molar-refractivity contribution in [1.29, 1.82) is 0 Å². The maximum Gasteiger partial charge on any atom is 0.427 e. The maximum absolute atomic E-state index is 10.5. The summed E-state index contributed by atoms with van der Waals surface area (Å²) in [5, 5.41) is 0. The summed E-state index contributed by atoms with van der Waals surface area (Å²) in [6.07, 6.45) is -0.683. The Morgan fingerprint density at radius 3 is 2.55 bits per heavy atom. The van der Waals surface area contributed by atoms with E-state index in [4.69, 9.17) is 11.8 Å². The second-order valence-electron chi connectivity index (χ2n) is 1.80. The highest BCUT2D eigenvalue weighted by Crippen LogP contribution is 2.07. The van der Waals surface area contributed by atoms with Crippen molar-refractivity contribution in [2.24, 2.45) is 0 Å². The number of rotatable bonds is 1. The molecule has 1 amide bonds. The van der Waals surface area contributed by atoms with Crippen LogP contribution in [0, 0.1) is 0 Å². The molecule has 4 heteroatoms. The van der Waals surface area contributed by atoms with E-state index in [1.54, 1.807) is 24.3 Å². The smallest absolute Gasteiger partial charge is 0.409 e. The van der Waals surface area contributed by atoms with Crippen LogP contribution >= 0.6 is 11.8 Å². The second kappa shape index (κ2) is 3.83. The van der Waals surface area contributed by atoms with Crippen molar-refractivity contribution in [3.05, 3.63) is 30.3 Å². The van der Waals surface area contributed by atoms with E-state index < -0.39 is 6.09 Å². The number of benzene rings is 1. The molecule has 0 saturated heterocycles. The van der Waals surface area contributed by atoms with Crippen molar-refractivity contribution in [1.82, 2.24) is 4.84 Å². The minimum Gasteiger partial charge on any atom is -0.409 e. The van der Waals surface area contributed by atoms with Gasteiger partial charge in [-0.25, -0.2) is 9.63 Å². The number of carbonyl (C=O) groups is 1. The molecule has 1 N–H and O–H groups in total. The first-order chi connectivity index (χ1) is 5.33. The van der Waals surface area contributed by atoms with Crippen molar-refractivity contribution < 1.29 is 9.53 Å². The summed E-state index contributed by atoms with van der Waals surface area (Å²) in [7, 11) is 0. The van der Waals surface area contributed by atoms with Gasteiger partial charge in [-0.15, -0.1) is 0 Å². The molecule has 0 heterocycles. The van der Waals surface area contributed by atoms with E-state index in [2.05, 4.69) is 4.74 Å². The van der Waals surface area contributed by atoms with Crippen LogP contribution in [-0.4, -0.2) is 6.09 Å². The van der Waals surface area contributed by atoms with Gasteiger partial charge in [0.25, 0.3) is 0 Å². The third-order valence-corrected chi connectivity index (χ3v) is 1.19. The van der Waals surface area contributed by atoms with Crippen LogP contribution in [0.15, 0.2) is 30.3 Å². The molecule has 0 unspecified atom stereocenters. The highest BCUT2D eigenvalue weighted by molar-refractivity contribution is 6.20. The highest BCUT2D eigenvalue weighted by Gasteiger charge is 1.98. The Bertz CT molecular complexity index is 237. The van der Waals surface area contributed by atoms with Gasteiger partial charge in [0.15, 0.2) is 0 Å². The first-order valence-corrected chi connectivity index (χ1v) is 3.34. The van der Waals surface area contributed by atoms with Crippen molar-refractivity contribution in [2.75, 3.05) is 0 Å². The monoisotopic (exact) mass is 171 g/mol. The van der Waals surface area contributed by atoms with Gasteiger partial charge in [0, 0.05) is 11.8 Å². The molecule has 0 aliphatic rings. The van der Waals surface area contributed by atoms with Gasteiger partial charge in [-0.3, -0.25) is 0 Å². The van der Waals surface area contributed by atoms with Crippen molar-refractivity contribution in [3.63, 3.8) is 0 Å². The number of para-hydroxylation sites is 1. The molecule has 1 aromatic carbocycles. The van der Waals surface area contributed by atoms with Crippen molar-refractivity contribution in [3.8, 4) is 5.75 Å². The van der Waals surface area contributed by atoms with Gasteiger partial charge >= 0.3 is 6.09 Å². The van der Waals surface area contributed by atoms with Crippen molar-refractivity contribution >= 4 is 17.9 Å². The van der Waals surface area contributed by atoms with Crippen molar-refractivity contribution in [2.45, 2.75) is 0 Å². The summed E-state index contributed by atoms with van der Waals surface area (Å²) in [5.74, 6) is 0.464. The SMILES string of the molecule is O=C(NCl)Oc1ccccc1. The van der Waals surface area contributed by atoms with E-state index >= 15 is 0 Å². The Morgan fingerprint density at radius 2 is 2.00 bits per heavy atom. The fraction of sp³-hybridized carbons (Fsp3) is 0. The number of ether oxygens (including phenoxy) is 1. The molecular weight excluding hydrogens is 166 g/mol. The van der Waals surface area contributed by atoms with Crippen LogP contribution in [0.25, 0.3) is 0 Å². The van der Waals surface area contributed by atoms with E-state index in [9.17, 15) is 4.79 Å². The van der Waals surface area contributed by atoms with Gasteiger partial charge in [-0.05, 0) is 12.1 Å². The lowest BCUT2D eigenvalue weighted by atomic mass is 10.3. The lowest BCUT2D eigenvalue weighted by Crippen LogP contribution is -2.17. The zero-order valence-electron chi connectivity index (χ0n) is 5.58. The Balaban J connectivity index is 2.58. The predicted molar refractivity (Wildman–Crippen MR) is 41.5 cm³/mol. The molecule has 0 radical (unpaired) electrons. The van der Waals surface area contributed by atoms with Crippen LogP contribution in [0.4, 0.5) is 4.79 Å².